The Morgan fingerprint density at radius 2 is 1.86 bits per heavy atom. The Balaban J connectivity index is 1.62. The lowest BCUT2D eigenvalue weighted by Crippen LogP contribution is -2.43. The summed E-state index contributed by atoms with van der Waals surface area (Å²) in [4.78, 5) is 16.5. The van der Waals surface area contributed by atoms with Crippen LogP contribution >= 0.6 is 0 Å². The van der Waals surface area contributed by atoms with Gasteiger partial charge < -0.3 is 19.4 Å². The topological polar surface area (TPSA) is 65.4 Å². The minimum absolute atomic E-state index is 0.00792. The molecule has 0 saturated heterocycles. The van der Waals surface area contributed by atoms with Crippen LogP contribution in [0.2, 0.25) is 0 Å². The Morgan fingerprint density at radius 3 is 2.46 bits per heavy atom. The summed E-state index contributed by atoms with van der Waals surface area (Å²) in [6.07, 6.45) is 8.69. The van der Waals surface area contributed by atoms with Crippen molar-refractivity contribution in [2.75, 3.05) is 13.7 Å². The Morgan fingerprint density at radius 1 is 1.18 bits per heavy atom. The van der Waals surface area contributed by atoms with Crippen molar-refractivity contribution >= 4 is 5.91 Å². The normalized spacial score (nSPS) is 20.0. The standard InChI is InChI=1S/C22H31N3O3/c1-22(2,3)24-20(26)15-28-19-9-5-16(6-10-19)21-23-13-14-25(21)17-7-11-18(27-4)12-8-17/h5-6,9-10,13-14,17-18H,7-8,11-12,15H2,1-4H3,(H,24,26). The SMILES string of the molecule is COC1CCC(n2ccnc2-c2ccc(OCC(=O)NC(C)(C)C)cc2)CC1. The summed E-state index contributed by atoms with van der Waals surface area (Å²) >= 11 is 0. The summed E-state index contributed by atoms with van der Waals surface area (Å²) in [6.45, 7) is 5.85. The van der Waals surface area contributed by atoms with Crippen LogP contribution in [0.3, 0.4) is 0 Å². The molecule has 1 saturated carbocycles. The Kier molecular flexibility index (Phi) is 6.39. The fourth-order valence-corrected chi connectivity index (χ4v) is 3.69. The summed E-state index contributed by atoms with van der Waals surface area (Å²) in [5, 5.41) is 2.89. The molecule has 1 fully saturated rings. The molecule has 1 heterocycles. The van der Waals surface area contributed by atoms with Crippen molar-refractivity contribution < 1.29 is 14.3 Å². The molecular weight excluding hydrogens is 354 g/mol. The van der Waals surface area contributed by atoms with Gasteiger partial charge in [-0.05, 0) is 70.7 Å². The van der Waals surface area contributed by atoms with E-state index in [0.717, 1.165) is 37.1 Å². The number of carbonyl (C=O) groups is 1. The van der Waals surface area contributed by atoms with E-state index in [1.54, 1.807) is 7.11 Å². The van der Waals surface area contributed by atoms with Crippen molar-refractivity contribution in [3.63, 3.8) is 0 Å². The first kappa shape index (κ1) is 20.4. The van der Waals surface area contributed by atoms with E-state index in [1.165, 1.54) is 0 Å². The minimum Gasteiger partial charge on any atom is -0.484 e. The van der Waals surface area contributed by atoms with Gasteiger partial charge in [-0.1, -0.05) is 0 Å². The van der Waals surface area contributed by atoms with Gasteiger partial charge in [-0.3, -0.25) is 4.79 Å². The molecule has 3 rings (SSSR count). The van der Waals surface area contributed by atoms with E-state index in [-0.39, 0.29) is 18.1 Å². The second-order valence-electron chi connectivity index (χ2n) is 8.44. The van der Waals surface area contributed by atoms with Crippen molar-refractivity contribution in [1.29, 1.82) is 0 Å². The third-order valence-corrected chi connectivity index (χ3v) is 5.04. The van der Waals surface area contributed by atoms with Crippen LogP contribution in [0.4, 0.5) is 0 Å². The number of carbonyl (C=O) groups excluding carboxylic acids is 1. The number of hydrogen-bond donors (Lipinski definition) is 1. The summed E-state index contributed by atoms with van der Waals surface area (Å²) < 4.78 is 13.4. The number of rotatable bonds is 6. The molecule has 0 aliphatic heterocycles. The Hall–Kier alpha value is -2.34. The zero-order valence-electron chi connectivity index (χ0n) is 17.3. The maximum absolute atomic E-state index is 11.9. The van der Waals surface area contributed by atoms with Gasteiger partial charge in [0, 0.05) is 36.6 Å². The van der Waals surface area contributed by atoms with Crippen LogP contribution in [0.5, 0.6) is 5.75 Å². The Bertz CT molecular complexity index is 769. The lowest BCUT2D eigenvalue weighted by atomic mass is 9.92. The molecular formula is C22H31N3O3. The number of amides is 1. The average Bonchev–Trinajstić information content (AvgIpc) is 3.15. The van der Waals surface area contributed by atoms with E-state index in [4.69, 9.17) is 9.47 Å². The van der Waals surface area contributed by atoms with Crippen molar-refractivity contribution in [2.45, 2.75) is 64.1 Å². The molecule has 1 aromatic heterocycles. The molecule has 0 bridgehead atoms. The van der Waals surface area contributed by atoms with E-state index in [1.807, 2.05) is 51.2 Å². The molecule has 1 N–H and O–H groups in total. The van der Waals surface area contributed by atoms with Crippen LogP contribution in [0.25, 0.3) is 11.4 Å². The largest absolute Gasteiger partial charge is 0.484 e. The van der Waals surface area contributed by atoms with E-state index < -0.39 is 0 Å². The van der Waals surface area contributed by atoms with Crippen LogP contribution in [0.1, 0.15) is 52.5 Å². The predicted octanol–water partition coefficient (Wildman–Crippen LogP) is 3.97. The molecule has 1 aliphatic carbocycles. The molecule has 152 valence electrons. The lowest BCUT2D eigenvalue weighted by molar-refractivity contribution is -0.124. The van der Waals surface area contributed by atoms with Crippen LogP contribution in [0, 0.1) is 0 Å². The van der Waals surface area contributed by atoms with Gasteiger partial charge in [0.25, 0.3) is 5.91 Å². The number of nitrogens with one attached hydrogen (secondary N) is 1. The number of aromatic nitrogens is 2. The van der Waals surface area contributed by atoms with Gasteiger partial charge in [0.1, 0.15) is 11.6 Å². The fraction of sp³-hybridized carbons (Fsp3) is 0.545. The first-order chi connectivity index (χ1) is 13.4. The molecule has 28 heavy (non-hydrogen) atoms. The van der Waals surface area contributed by atoms with Gasteiger partial charge >= 0.3 is 0 Å². The third-order valence-electron chi connectivity index (χ3n) is 5.04. The number of benzene rings is 1. The zero-order chi connectivity index (χ0) is 20.1. The Labute approximate surface area is 167 Å². The molecule has 2 aromatic rings. The molecule has 1 aromatic carbocycles. The molecule has 6 nitrogen and oxygen atoms in total. The molecule has 1 aliphatic rings. The van der Waals surface area contributed by atoms with Crippen LogP contribution in [-0.4, -0.2) is 40.8 Å². The second kappa shape index (κ2) is 8.78. The molecule has 1 amide bonds. The maximum Gasteiger partial charge on any atom is 0.258 e. The number of hydrogen-bond acceptors (Lipinski definition) is 4. The van der Waals surface area contributed by atoms with Crippen molar-refractivity contribution in [3.8, 4) is 17.1 Å². The summed E-state index contributed by atoms with van der Waals surface area (Å²) in [6, 6.07) is 8.23. The summed E-state index contributed by atoms with van der Waals surface area (Å²) in [5.41, 5.74) is 0.786. The fourth-order valence-electron chi connectivity index (χ4n) is 3.69. The van der Waals surface area contributed by atoms with Crippen LogP contribution in [-0.2, 0) is 9.53 Å². The van der Waals surface area contributed by atoms with Crippen molar-refractivity contribution in [1.82, 2.24) is 14.9 Å². The smallest absolute Gasteiger partial charge is 0.258 e. The molecule has 0 atom stereocenters. The first-order valence-corrected chi connectivity index (χ1v) is 9.95. The van der Waals surface area contributed by atoms with Gasteiger partial charge in [-0.15, -0.1) is 0 Å². The predicted molar refractivity (Wildman–Crippen MR) is 109 cm³/mol. The average molecular weight is 386 g/mol. The van der Waals surface area contributed by atoms with Gasteiger partial charge in [0.2, 0.25) is 0 Å². The van der Waals surface area contributed by atoms with E-state index in [9.17, 15) is 4.79 Å². The van der Waals surface area contributed by atoms with Gasteiger partial charge in [0.05, 0.1) is 6.10 Å². The number of nitrogens with zero attached hydrogens (tertiary/aromatic N) is 2. The molecule has 6 heteroatoms. The number of ether oxygens (including phenoxy) is 2. The molecule has 0 spiro atoms. The van der Waals surface area contributed by atoms with E-state index in [2.05, 4.69) is 21.1 Å². The zero-order valence-corrected chi connectivity index (χ0v) is 17.3. The maximum atomic E-state index is 11.9. The molecule has 0 unspecified atom stereocenters. The molecule has 0 radical (unpaired) electrons. The van der Waals surface area contributed by atoms with Gasteiger partial charge in [-0.2, -0.15) is 0 Å². The number of imidazole rings is 1. The highest BCUT2D eigenvalue weighted by atomic mass is 16.5. The third kappa shape index (κ3) is 5.35. The second-order valence-corrected chi connectivity index (χ2v) is 8.44. The van der Waals surface area contributed by atoms with Gasteiger partial charge in [0.15, 0.2) is 6.61 Å². The van der Waals surface area contributed by atoms with Crippen molar-refractivity contribution in [3.05, 3.63) is 36.7 Å². The highest BCUT2D eigenvalue weighted by molar-refractivity contribution is 5.78. The summed E-state index contributed by atoms with van der Waals surface area (Å²) in [7, 11) is 1.80. The summed E-state index contributed by atoms with van der Waals surface area (Å²) in [5.74, 6) is 1.52. The highest BCUT2D eigenvalue weighted by Gasteiger charge is 2.23. The van der Waals surface area contributed by atoms with Crippen molar-refractivity contribution in [2.24, 2.45) is 0 Å². The minimum atomic E-state index is -0.260. The van der Waals surface area contributed by atoms with E-state index >= 15 is 0 Å². The lowest BCUT2D eigenvalue weighted by Gasteiger charge is -2.29. The van der Waals surface area contributed by atoms with Gasteiger partial charge in [-0.25, -0.2) is 4.98 Å². The highest BCUT2D eigenvalue weighted by Crippen LogP contribution is 2.33. The van der Waals surface area contributed by atoms with E-state index in [0.29, 0.717) is 17.9 Å². The van der Waals surface area contributed by atoms with Crippen LogP contribution < -0.4 is 10.1 Å². The monoisotopic (exact) mass is 385 g/mol. The van der Waals surface area contributed by atoms with Crippen LogP contribution in [0.15, 0.2) is 36.7 Å². The first-order valence-electron chi connectivity index (χ1n) is 9.95. The quantitative estimate of drug-likeness (QED) is 0.817. The number of methoxy groups -OCH3 is 1.